The number of ether oxygens (including phenoxy) is 1. The molecule has 0 fully saturated rings. The highest BCUT2D eigenvalue weighted by Crippen LogP contribution is 2.43. The van der Waals surface area contributed by atoms with Crippen LogP contribution in [0.2, 0.25) is 0 Å². The van der Waals surface area contributed by atoms with Crippen molar-refractivity contribution in [2.24, 2.45) is 5.16 Å². The summed E-state index contributed by atoms with van der Waals surface area (Å²) >= 11 is 0. The number of carboxylic acids is 1. The number of halogens is 1. The average Bonchev–Trinajstić information content (AvgIpc) is 2.75. The van der Waals surface area contributed by atoms with Gasteiger partial charge in [0.2, 0.25) is 0 Å². The SMILES string of the molecule is CCN1CCc2c(-c3cc(F)c(C)c(C)c3OC)cc3c(c2C1)NON=C3C(=O)O. The molecule has 2 N–H and O–H groups in total. The second kappa shape index (κ2) is 7.60. The Morgan fingerprint density at radius 3 is 2.70 bits per heavy atom. The number of nitrogens with one attached hydrogen (secondary N) is 1. The number of carbonyl (C=O) groups is 1. The van der Waals surface area contributed by atoms with Gasteiger partial charge in [0.15, 0.2) is 5.71 Å². The summed E-state index contributed by atoms with van der Waals surface area (Å²) in [4.78, 5) is 19.1. The van der Waals surface area contributed by atoms with E-state index < -0.39 is 5.97 Å². The number of hydrogen-bond donors (Lipinski definition) is 2. The number of nitrogens with zero attached hydrogens (tertiary/aromatic N) is 2. The van der Waals surface area contributed by atoms with Gasteiger partial charge in [-0.05, 0) is 71.9 Å². The van der Waals surface area contributed by atoms with Crippen LogP contribution in [0.3, 0.4) is 0 Å². The summed E-state index contributed by atoms with van der Waals surface area (Å²) in [6.07, 6.45) is 0.741. The lowest BCUT2D eigenvalue weighted by molar-refractivity contribution is -0.129. The Labute approximate surface area is 174 Å². The second-order valence-electron chi connectivity index (χ2n) is 7.55. The number of hydrogen-bond acceptors (Lipinski definition) is 6. The maximum atomic E-state index is 14.7. The predicted molar refractivity (Wildman–Crippen MR) is 111 cm³/mol. The van der Waals surface area contributed by atoms with Gasteiger partial charge in [0.1, 0.15) is 11.6 Å². The minimum atomic E-state index is -1.19. The molecule has 2 aromatic carbocycles. The molecule has 0 radical (unpaired) electrons. The fourth-order valence-corrected chi connectivity index (χ4v) is 4.26. The van der Waals surface area contributed by atoms with Crippen molar-refractivity contribution >= 4 is 17.4 Å². The average molecular weight is 413 g/mol. The molecule has 8 heteroatoms. The predicted octanol–water partition coefficient (Wildman–Crippen LogP) is 3.64. The molecule has 30 heavy (non-hydrogen) atoms. The van der Waals surface area contributed by atoms with Crippen LogP contribution in [0, 0.1) is 19.7 Å². The van der Waals surface area contributed by atoms with Crippen molar-refractivity contribution < 1.29 is 24.0 Å². The first kappa shape index (κ1) is 20.2. The highest BCUT2D eigenvalue weighted by molar-refractivity contribution is 6.44. The molecule has 2 aliphatic rings. The van der Waals surface area contributed by atoms with Gasteiger partial charge < -0.3 is 9.84 Å². The van der Waals surface area contributed by atoms with Gasteiger partial charge in [0, 0.05) is 24.2 Å². The highest BCUT2D eigenvalue weighted by atomic mass is 19.1. The Bertz CT molecular complexity index is 1080. The molecule has 4 rings (SSSR count). The lowest BCUT2D eigenvalue weighted by atomic mass is 9.84. The van der Waals surface area contributed by atoms with Crippen molar-refractivity contribution in [3.63, 3.8) is 0 Å². The number of likely N-dealkylation sites (N-methyl/N-ethyl adjacent to an activating group) is 1. The molecular formula is C22H24FN3O4. The first-order valence-electron chi connectivity index (χ1n) is 9.86. The van der Waals surface area contributed by atoms with E-state index in [1.54, 1.807) is 20.1 Å². The van der Waals surface area contributed by atoms with E-state index in [9.17, 15) is 14.3 Å². The van der Waals surface area contributed by atoms with Crippen LogP contribution in [0.4, 0.5) is 10.1 Å². The Kier molecular flexibility index (Phi) is 5.11. The normalized spacial score (nSPS) is 15.4. The van der Waals surface area contributed by atoms with Gasteiger partial charge >= 0.3 is 5.97 Å². The zero-order valence-corrected chi connectivity index (χ0v) is 17.4. The number of methoxy groups -OCH3 is 1. The zero-order chi connectivity index (χ0) is 21.6. The zero-order valence-electron chi connectivity index (χ0n) is 17.4. The summed E-state index contributed by atoms with van der Waals surface area (Å²) in [6, 6.07) is 3.23. The largest absolute Gasteiger partial charge is 0.496 e. The number of rotatable bonds is 4. The summed E-state index contributed by atoms with van der Waals surface area (Å²) in [5, 5.41) is 13.3. The summed E-state index contributed by atoms with van der Waals surface area (Å²) in [7, 11) is 1.56. The van der Waals surface area contributed by atoms with E-state index in [-0.39, 0.29) is 11.5 Å². The molecule has 0 aromatic heterocycles. The van der Waals surface area contributed by atoms with E-state index in [4.69, 9.17) is 9.68 Å². The van der Waals surface area contributed by atoms with Crippen molar-refractivity contribution in [2.45, 2.75) is 33.7 Å². The van der Waals surface area contributed by atoms with Crippen molar-refractivity contribution in [3.05, 3.63) is 45.8 Å². The summed E-state index contributed by atoms with van der Waals surface area (Å²) in [6.45, 7) is 7.96. The van der Waals surface area contributed by atoms with E-state index in [1.165, 1.54) is 6.07 Å². The van der Waals surface area contributed by atoms with Crippen molar-refractivity contribution in [1.29, 1.82) is 0 Å². The van der Waals surface area contributed by atoms with Crippen LogP contribution in [-0.2, 0) is 22.7 Å². The second-order valence-corrected chi connectivity index (χ2v) is 7.55. The third-order valence-electron chi connectivity index (χ3n) is 6.07. The van der Waals surface area contributed by atoms with Gasteiger partial charge in [0.05, 0.1) is 12.8 Å². The maximum Gasteiger partial charge on any atom is 0.358 e. The Morgan fingerprint density at radius 1 is 1.27 bits per heavy atom. The van der Waals surface area contributed by atoms with Crippen LogP contribution < -0.4 is 10.2 Å². The minimum Gasteiger partial charge on any atom is -0.496 e. The van der Waals surface area contributed by atoms with Crippen LogP contribution in [0.25, 0.3) is 11.1 Å². The number of aliphatic carboxylic acids is 1. The number of carboxylic acid groups (broad SMARTS) is 1. The van der Waals surface area contributed by atoms with Gasteiger partial charge in [-0.15, -0.1) is 0 Å². The lowest BCUT2D eigenvalue weighted by Gasteiger charge is -2.33. The monoisotopic (exact) mass is 413 g/mol. The fraction of sp³-hybridized carbons (Fsp3) is 0.364. The molecule has 2 aliphatic heterocycles. The first-order chi connectivity index (χ1) is 14.4. The molecule has 0 unspecified atom stereocenters. The van der Waals surface area contributed by atoms with Crippen LogP contribution in [-0.4, -0.2) is 41.9 Å². The van der Waals surface area contributed by atoms with E-state index in [0.29, 0.717) is 34.7 Å². The standard InChI is InChI=1S/C22H24FN3O4/c1-5-26-7-6-13-14(15-9-18(23)11(2)12(3)21(15)29-4)8-16-19(17(13)10-26)24-30-25-20(16)22(27)28/h8-9,24H,5-7,10H2,1-4H3,(H,27,28). The molecule has 158 valence electrons. The summed E-state index contributed by atoms with van der Waals surface area (Å²) in [5.74, 6) is -0.929. The molecule has 7 nitrogen and oxygen atoms in total. The molecular weight excluding hydrogens is 389 g/mol. The molecule has 0 bridgehead atoms. The third kappa shape index (κ3) is 3.08. The summed E-state index contributed by atoms with van der Waals surface area (Å²) < 4.78 is 20.4. The molecule has 0 saturated heterocycles. The van der Waals surface area contributed by atoms with Gasteiger partial charge in [0.25, 0.3) is 0 Å². The van der Waals surface area contributed by atoms with Crippen molar-refractivity contribution in [3.8, 4) is 16.9 Å². The Hall–Kier alpha value is -3.13. The highest BCUT2D eigenvalue weighted by Gasteiger charge is 2.31. The number of benzene rings is 2. The van der Waals surface area contributed by atoms with Crippen LogP contribution in [0.1, 0.15) is 34.7 Å². The van der Waals surface area contributed by atoms with Gasteiger partial charge in [-0.3, -0.25) is 9.84 Å². The Morgan fingerprint density at radius 2 is 2.03 bits per heavy atom. The number of anilines is 1. The van der Waals surface area contributed by atoms with E-state index in [0.717, 1.165) is 41.8 Å². The molecule has 2 heterocycles. The smallest absolute Gasteiger partial charge is 0.358 e. The van der Waals surface area contributed by atoms with Crippen LogP contribution >= 0.6 is 0 Å². The number of oxime groups is 1. The molecule has 2 aromatic rings. The van der Waals surface area contributed by atoms with Gasteiger partial charge in [-0.25, -0.2) is 9.18 Å². The number of fused-ring (bicyclic) bond motifs is 3. The van der Waals surface area contributed by atoms with E-state index in [1.807, 2.05) is 6.92 Å². The topological polar surface area (TPSA) is 83.4 Å². The van der Waals surface area contributed by atoms with Crippen molar-refractivity contribution in [2.75, 3.05) is 25.7 Å². The fourth-order valence-electron chi connectivity index (χ4n) is 4.26. The lowest BCUT2D eigenvalue weighted by Crippen LogP contribution is -2.33. The Balaban J connectivity index is 2.05. The summed E-state index contributed by atoms with van der Waals surface area (Å²) in [5.41, 5.74) is 8.19. The van der Waals surface area contributed by atoms with Gasteiger partial charge in [-0.2, -0.15) is 5.48 Å². The van der Waals surface area contributed by atoms with Crippen molar-refractivity contribution in [1.82, 2.24) is 4.90 Å². The van der Waals surface area contributed by atoms with Gasteiger partial charge in [-0.1, -0.05) is 6.92 Å². The minimum absolute atomic E-state index is 0.190. The quantitative estimate of drug-likeness (QED) is 0.796. The van der Waals surface area contributed by atoms with Crippen LogP contribution in [0.15, 0.2) is 17.3 Å². The third-order valence-corrected chi connectivity index (χ3v) is 6.07. The maximum absolute atomic E-state index is 14.7. The molecule has 0 aliphatic carbocycles. The molecule has 0 atom stereocenters. The molecule has 0 spiro atoms. The molecule has 0 amide bonds. The molecule has 0 saturated carbocycles. The van der Waals surface area contributed by atoms with Crippen LogP contribution in [0.5, 0.6) is 5.75 Å². The van der Waals surface area contributed by atoms with E-state index >= 15 is 0 Å². The van der Waals surface area contributed by atoms with E-state index in [2.05, 4.69) is 22.5 Å². The first-order valence-corrected chi connectivity index (χ1v) is 9.86.